The van der Waals surface area contributed by atoms with Gasteiger partial charge >= 0.3 is 0 Å². The summed E-state index contributed by atoms with van der Waals surface area (Å²) < 4.78 is 19.4. The minimum absolute atomic E-state index is 0.101. The Balaban J connectivity index is 2.47. The third kappa shape index (κ3) is 6.04. The van der Waals surface area contributed by atoms with Crippen LogP contribution in [-0.2, 0) is 11.2 Å². The summed E-state index contributed by atoms with van der Waals surface area (Å²) in [6, 6.07) is 3.16. The van der Waals surface area contributed by atoms with Gasteiger partial charge in [-0.15, -0.1) is 0 Å². The monoisotopic (exact) mass is 314 g/mol. The molecule has 0 unspecified atom stereocenters. The zero-order chi connectivity index (χ0) is 15.8. The van der Waals surface area contributed by atoms with E-state index in [1.54, 1.807) is 6.07 Å². The number of Topliss-reactive ketones (excluding diaryl/α,β-unsaturated/α-hetero) is 1. The van der Waals surface area contributed by atoms with E-state index in [2.05, 4.69) is 0 Å². The van der Waals surface area contributed by atoms with E-state index in [1.165, 1.54) is 6.07 Å². The van der Waals surface area contributed by atoms with Gasteiger partial charge in [0.2, 0.25) is 0 Å². The molecule has 0 aliphatic heterocycles. The third-order valence-electron chi connectivity index (χ3n) is 3.39. The van der Waals surface area contributed by atoms with Gasteiger partial charge in [0.05, 0.1) is 6.61 Å². The van der Waals surface area contributed by atoms with Crippen molar-refractivity contribution in [3.8, 4) is 5.75 Å². The summed E-state index contributed by atoms with van der Waals surface area (Å²) in [5, 5.41) is 0.491. The summed E-state index contributed by atoms with van der Waals surface area (Å²) >= 11 is 5.98. The first-order chi connectivity index (χ1) is 9.95. The zero-order valence-electron chi connectivity index (χ0n) is 13.0. The predicted molar refractivity (Wildman–Crippen MR) is 84.6 cm³/mol. The highest BCUT2D eigenvalue weighted by Gasteiger charge is 2.11. The van der Waals surface area contributed by atoms with Crippen LogP contribution >= 0.6 is 11.6 Å². The maximum atomic E-state index is 14.1. The van der Waals surface area contributed by atoms with Crippen molar-refractivity contribution in [1.29, 1.82) is 0 Å². The maximum Gasteiger partial charge on any atom is 0.168 e. The maximum absolute atomic E-state index is 14.1. The highest BCUT2D eigenvalue weighted by Crippen LogP contribution is 2.27. The molecular weight excluding hydrogens is 291 g/mol. The van der Waals surface area contributed by atoms with Crippen LogP contribution in [0.2, 0.25) is 5.02 Å². The molecule has 1 aromatic rings. The van der Waals surface area contributed by atoms with Gasteiger partial charge in [-0.1, -0.05) is 31.9 Å². The molecule has 0 N–H and O–H groups in total. The molecule has 0 spiro atoms. The average molecular weight is 315 g/mol. The number of halogens is 2. The number of carbonyl (C=O) groups excluding carboxylic acids is 1. The van der Waals surface area contributed by atoms with Crippen LogP contribution in [0.1, 0.15) is 52.0 Å². The second-order valence-corrected chi connectivity index (χ2v) is 5.93. The Kier molecular flexibility index (Phi) is 7.73. The minimum Gasteiger partial charge on any atom is -0.491 e. The van der Waals surface area contributed by atoms with Crippen molar-refractivity contribution >= 4 is 17.4 Å². The van der Waals surface area contributed by atoms with Crippen LogP contribution in [-0.4, -0.2) is 12.4 Å². The summed E-state index contributed by atoms with van der Waals surface area (Å²) in [5.74, 6) is 0.293. The molecule has 0 aliphatic carbocycles. The van der Waals surface area contributed by atoms with Gasteiger partial charge in [0.25, 0.3) is 0 Å². The molecule has 0 saturated carbocycles. The molecule has 2 nitrogen and oxygen atoms in total. The Bertz CT molecular complexity index is 472. The Labute approximate surface area is 131 Å². The van der Waals surface area contributed by atoms with Crippen molar-refractivity contribution in [2.45, 2.75) is 52.9 Å². The van der Waals surface area contributed by atoms with Crippen LogP contribution in [0.15, 0.2) is 12.1 Å². The fourth-order valence-electron chi connectivity index (χ4n) is 2.14. The lowest BCUT2D eigenvalue weighted by Crippen LogP contribution is -2.06. The van der Waals surface area contributed by atoms with Gasteiger partial charge in [0.1, 0.15) is 5.78 Å². The molecule has 0 radical (unpaired) electrons. The van der Waals surface area contributed by atoms with Crippen molar-refractivity contribution < 1.29 is 13.9 Å². The SMILES string of the molecule is CCOc1cc(Cl)cc(CCCCCC(=O)C(C)C)c1F. The number of ether oxygens (including phenoxy) is 1. The van der Waals surface area contributed by atoms with Gasteiger partial charge in [0.15, 0.2) is 11.6 Å². The molecule has 0 aliphatic rings. The van der Waals surface area contributed by atoms with Crippen LogP contribution in [0.4, 0.5) is 4.39 Å². The number of rotatable bonds is 9. The van der Waals surface area contributed by atoms with Gasteiger partial charge < -0.3 is 4.74 Å². The summed E-state index contributed by atoms with van der Waals surface area (Å²) in [5.41, 5.74) is 0.584. The Morgan fingerprint density at radius 2 is 2.00 bits per heavy atom. The fraction of sp³-hybridized carbons (Fsp3) is 0.588. The molecule has 0 heterocycles. The summed E-state index contributed by atoms with van der Waals surface area (Å²) in [7, 11) is 0. The van der Waals surface area contributed by atoms with Crippen molar-refractivity contribution in [2.24, 2.45) is 5.92 Å². The number of unbranched alkanes of at least 4 members (excludes halogenated alkanes) is 2. The van der Waals surface area contributed by atoms with E-state index in [0.717, 1.165) is 19.3 Å². The van der Waals surface area contributed by atoms with Crippen molar-refractivity contribution in [3.63, 3.8) is 0 Å². The summed E-state index contributed by atoms with van der Waals surface area (Å²) in [4.78, 5) is 11.5. The standard InChI is InChI=1S/C17H24ClFO2/c1-4-21-16-11-14(18)10-13(17(16)19)8-6-5-7-9-15(20)12(2)3/h10-12H,4-9H2,1-3H3. The molecule has 4 heteroatoms. The number of ketones is 1. The number of benzene rings is 1. The first kappa shape index (κ1) is 18.0. The van der Waals surface area contributed by atoms with E-state index in [1.807, 2.05) is 20.8 Å². The van der Waals surface area contributed by atoms with E-state index >= 15 is 0 Å². The fourth-order valence-corrected chi connectivity index (χ4v) is 2.37. The molecular formula is C17H24ClFO2. The first-order valence-corrected chi connectivity index (χ1v) is 7.97. The van der Waals surface area contributed by atoms with Gasteiger partial charge in [-0.2, -0.15) is 0 Å². The Morgan fingerprint density at radius 3 is 2.62 bits per heavy atom. The molecule has 0 atom stereocenters. The van der Waals surface area contributed by atoms with Gasteiger partial charge in [-0.3, -0.25) is 4.79 Å². The van der Waals surface area contributed by atoms with Crippen molar-refractivity contribution in [2.75, 3.05) is 6.61 Å². The second kappa shape index (κ2) is 9.04. The van der Waals surface area contributed by atoms with Crippen LogP contribution in [0.5, 0.6) is 5.75 Å². The van der Waals surface area contributed by atoms with Crippen LogP contribution in [0, 0.1) is 11.7 Å². The lowest BCUT2D eigenvalue weighted by Gasteiger charge is -2.10. The van der Waals surface area contributed by atoms with E-state index < -0.39 is 0 Å². The zero-order valence-corrected chi connectivity index (χ0v) is 13.8. The van der Waals surface area contributed by atoms with Crippen LogP contribution in [0.3, 0.4) is 0 Å². The average Bonchev–Trinajstić information content (AvgIpc) is 2.43. The van der Waals surface area contributed by atoms with Gasteiger partial charge in [-0.05, 0) is 37.8 Å². The number of hydrogen-bond donors (Lipinski definition) is 0. The molecule has 118 valence electrons. The van der Waals surface area contributed by atoms with E-state index in [4.69, 9.17) is 16.3 Å². The van der Waals surface area contributed by atoms with Crippen molar-refractivity contribution in [3.05, 3.63) is 28.5 Å². The van der Waals surface area contributed by atoms with E-state index in [-0.39, 0.29) is 17.5 Å². The second-order valence-electron chi connectivity index (χ2n) is 5.49. The highest BCUT2D eigenvalue weighted by molar-refractivity contribution is 6.30. The molecule has 0 aromatic heterocycles. The van der Waals surface area contributed by atoms with Crippen LogP contribution in [0.25, 0.3) is 0 Å². The van der Waals surface area contributed by atoms with Crippen LogP contribution < -0.4 is 4.74 Å². The summed E-state index contributed by atoms with van der Waals surface area (Å²) in [6.07, 6.45) is 3.84. The van der Waals surface area contributed by atoms with Crippen molar-refractivity contribution in [1.82, 2.24) is 0 Å². The predicted octanol–water partition coefficient (Wildman–Crippen LogP) is 5.21. The quantitative estimate of drug-likeness (QED) is 0.585. The number of hydrogen-bond acceptors (Lipinski definition) is 2. The molecule has 0 saturated heterocycles. The molecule has 1 rings (SSSR count). The Morgan fingerprint density at radius 1 is 1.29 bits per heavy atom. The molecule has 21 heavy (non-hydrogen) atoms. The smallest absolute Gasteiger partial charge is 0.168 e. The Hall–Kier alpha value is -1.09. The molecule has 0 amide bonds. The molecule has 1 aromatic carbocycles. The van der Waals surface area contributed by atoms with E-state index in [9.17, 15) is 9.18 Å². The molecule has 0 fully saturated rings. The lowest BCUT2D eigenvalue weighted by atomic mass is 10.0. The lowest BCUT2D eigenvalue weighted by molar-refractivity contribution is -0.122. The van der Waals surface area contributed by atoms with Gasteiger partial charge in [0, 0.05) is 23.4 Å². The summed E-state index contributed by atoms with van der Waals surface area (Å²) in [6.45, 7) is 6.05. The normalized spacial score (nSPS) is 11.0. The first-order valence-electron chi connectivity index (χ1n) is 7.59. The topological polar surface area (TPSA) is 26.3 Å². The number of aryl methyl sites for hydroxylation is 1. The van der Waals surface area contributed by atoms with E-state index in [0.29, 0.717) is 35.8 Å². The minimum atomic E-state index is -0.320. The van der Waals surface area contributed by atoms with Gasteiger partial charge in [-0.25, -0.2) is 4.39 Å². The third-order valence-corrected chi connectivity index (χ3v) is 3.61. The largest absolute Gasteiger partial charge is 0.491 e. The number of carbonyl (C=O) groups is 1. The highest BCUT2D eigenvalue weighted by atomic mass is 35.5. The molecule has 0 bridgehead atoms.